The van der Waals surface area contributed by atoms with Gasteiger partial charge in [-0.3, -0.25) is 9.59 Å². The Morgan fingerprint density at radius 3 is 2.26 bits per heavy atom. The third-order valence-electron chi connectivity index (χ3n) is 4.35. The van der Waals surface area contributed by atoms with E-state index in [4.69, 9.17) is 0 Å². The Labute approximate surface area is 180 Å². The van der Waals surface area contributed by atoms with Crippen molar-refractivity contribution in [3.05, 3.63) is 78.4 Å². The molecule has 0 aliphatic heterocycles. The summed E-state index contributed by atoms with van der Waals surface area (Å²) < 4.78 is 0. The molecule has 8 heteroatoms. The molecule has 0 unspecified atom stereocenters. The molecule has 0 aliphatic carbocycles. The number of azo groups is 1. The standard InChI is InChI=1S/C23H23N5O3/c1-28(2)18-11-7-17(8-12-18)26-27-21-6-4-3-5-20(21)23(31)24-15-22(30)25-16-9-13-19(29)14-10-16/h3-14,29H,15H2,1-2H3,(H,24,31)(H,25,30). The highest BCUT2D eigenvalue weighted by Gasteiger charge is 2.12. The maximum atomic E-state index is 12.6. The Hall–Kier alpha value is -4.20. The zero-order valence-electron chi connectivity index (χ0n) is 17.2. The van der Waals surface area contributed by atoms with Crippen LogP contribution in [0.25, 0.3) is 0 Å². The molecule has 158 valence electrons. The van der Waals surface area contributed by atoms with Crippen molar-refractivity contribution >= 4 is 34.6 Å². The van der Waals surface area contributed by atoms with Crippen LogP contribution in [0.1, 0.15) is 10.4 Å². The summed E-state index contributed by atoms with van der Waals surface area (Å²) in [6.45, 7) is -0.211. The summed E-state index contributed by atoms with van der Waals surface area (Å²) in [6, 6.07) is 20.4. The molecule has 31 heavy (non-hydrogen) atoms. The summed E-state index contributed by atoms with van der Waals surface area (Å²) in [6.07, 6.45) is 0. The van der Waals surface area contributed by atoms with Crippen LogP contribution in [0.2, 0.25) is 0 Å². The lowest BCUT2D eigenvalue weighted by Gasteiger charge is -2.11. The molecular formula is C23H23N5O3. The number of nitrogens with one attached hydrogen (secondary N) is 2. The fourth-order valence-corrected chi connectivity index (χ4v) is 2.69. The van der Waals surface area contributed by atoms with Crippen LogP contribution in [0, 0.1) is 0 Å². The SMILES string of the molecule is CN(C)c1ccc(N=Nc2ccccc2C(=O)NCC(=O)Nc2ccc(O)cc2)cc1. The van der Waals surface area contributed by atoms with Gasteiger partial charge in [-0.15, -0.1) is 5.11 Å². The Kier molecular flexibility index (Phi) is 6.95. The number of hydrogen-bond acceptors (Lipinski definition) is 6. The number of aromatic hydroxyl groups is 1. The number of phenols is 1. The van der Waals surface area contributed by atoms with E-state index in [1.807, 2.05) is 43.3 Å². The predicted molar refractivity (Wildman–Crippen MR) is 120 cm³/mol. The fourth-order valence-electron chi connectivity index (χ4n) is 2.69. The third-order valence-corrected chi connectivity index (χ3v) is 4.35. The van der Waals surface area contributed by atoms with E-state index in [0.29, 0.717) is 22.6 Å². The molecule has 0 bridgehead atoms. The van der Waals surface area contributed by atoms with Gasteiger partial charge in [-0.05, 0) is 60.7 Å². The van der Waals surface area contributed by atoms with Gasteiger partial charge in [-0.25, -0.2) is 0 Å². The molecule has 0 radical (unpaired) electrons. The number of anilines is 2. The molecule has 0 spiro atoms. The normalized spacial score (nSPS) is 10.6. The zero-order valence-corrected chi connectivity index (χ0v) is 17.2. The van der Waals surface area contributed by atoms with Gasteiger partial charge in [-0.1, -0.05) is 12.1 Å². The minimum atomic E-state index is -0.432. The van der Waals surface area contributed by atoms with Gasteiger partial charge in [-0.2, -0.15) is 5.11 Å². The van der Waals surface area contributed by atoms with Crippen molar-refractivity contribution in [2.24, 2.45) is 10.2 Å². The fraction of sp³-hybridized carbons (Fsp3) is 0.130. The van der Waals surface area contributed by atoms with Crippen molar-refractivity contribution in [2.45, 2.75) is 0 Å². The quantitative estimate of drug-likeness (QED) is 0.395. The lowest BCUT2D eigenvalue weighted by molar-refractivity contribution is -0.115. The number of carbonyl (C=O) groups is 2. The second-order valence-corrected chi connectivity index (χ2v) is 6.91. The van der Waals surface area contributed by atoms with Crippen LogP contribution in [-0.4, -0.2) is 37.6 Å². The first-order chi connectivity index (χ1) is 14.9. The lowest BCUT2D eigenvalue weighted by atomic mass is 10.1. The lowest BCUT2D eigenvalue weighted by Crippen LogP contribution is -2.32. The van der Waals surface area contributed by atoms with Crippen molar-refractivity contribution < 1.29 is 14.7 Å². The first-order valence-electron chi connectivity index (χ1n) is 9.57. The van der Waals surface area contributed by atoms with Gasteiger partial charge in [0.1, 0.15) is 5.75 Å². The zero-order chi connectivity index (χ0) is 22.2. The number of rotatable bonds is 7. The number of amides is 2. The molecule has 0 aliphatic rings. The van der Waals surface area contributed by atoms with Crippen LogP contribution in [0.3, 0.4) is 0 Å². The molecule has 3 rings (SSSR count). The van der Waals surface area contributed by atoms with E-state index in [9.17, 15) is 14.7 Å². The Morgan fingerprint density at radius 1 is 0.903 bits per heavy atom. The maximum absolute atomic E-state index is 12.6. The van der Waals surface area contributed by atoms with Gasteiger partial charge < -0.3 is 20.6 Å². The summed E-state index contributed by atoms with van der Waals surface area (Å²) in [5.41, 5.74) is 2.94. The van der Waals surface area contributed by atoms with Gasteiger partial charge in [0, 0.05) is 25.5 Å². The van der Waals surface area contributed by atoms with E-state index < -0.39 is 5.91 Å². The van der Waals surface area contributed by atoms with Crippen molar-refractivity contribution in [2.75, 3.05) is 30.9 Å². The second kappa shape index (κ2) is 10.0. The average Bonchev–Trinajstić information content (AvgIpc) is 2.78. The number of benzene rings is 3. The highest BCUT2D eigenvalue weighted by Crippen LogP contribution is 2.24. The van der Waals surface area contributed by atoms with Gasteiger partial charge >= 0.3 is 0 Å². The van der Waals surface area contributed by atoms with Crippen LogP contribution in [-0.2, 0) is 4.79 Å². The molecule has 0 aromatic heterocycles. The number of hydrogen-bond donors (Lipinski definition) is 3. The smallest absolute Gasteiger partial charge is 0.253 e. The first kappa shape index (κ1) is 21.5. The minimum Gasteiger partial charge on any atom is -0.508 e. The molecule has 0 heterocycles. The highest BCUT2D eigenvalue weighted by atomic mass is 16.3. The Balaban J connectivity index is 1.62. The number of phenolic OH excluding ortho intramolecular Hbond substituents is 1. The Morgan fingerprint density at radius 2 is 1.58 bits per heavy atom. The van der Waals surface area contributed by atoms with E-state index in [2.05, 4.69) is 20.9 Å². The molecule has 3 aromatic carbocycles. The topological polar surface area (TPSA) is 106 Å². The maximum Gasteiger partial charge on any atom is 0.253 e. The number of nitrogens with zero attached hydrogens (tertiary/aromatic N) is 3. The summed E-state index contributed by atoms with van der Waals surface area (Å²) in [5.74, 6) is -0.719. The highest BCUT2D eigenvalue weighted by molar-refractivity contribution is 6.02. The molecule has 3 aromatic rings. The number of carbonyl (C=O) groups excluding carboxylic acids is 2. The summed E-state index contributed by atoms with van der Waals surface area (Å²) in [7, 11) is 3.91. The summed E-state index contributed by atoms with van der Waals surface area (Å²) in [5, 5.41) is 22.9. The molecule has 0 saturated heterocycles. The van der Waals surface area contributed by atoms with Crippen molar-refractivity contribution in [3.63, 3.8) is 0 Å². The monoisotopic (exact) mass is 417 g/mol. The van der Waals surface area contributed by atoms with Gasteiger partial charge in [0.05, 0.1) is 23.5 Å². The summed E-state index contributed by atoms with van der Waals surface area (Å²) in [4.78, 5) is 26.6. The van der Waals surface area contributed by atoms with Crippen molar-refractivity contribution in [1.29, 1.82) is 0 Å². The largest absolute Gasteiger partial charge is 0.508 e. The predicted octanol–water partition coefficient (Wildman–Crippen LogP) is 4.24. The third kappa shape index (κ3) is 6.14. The van der Waals surface area contributed by atoms with E-state index >= 15 is 0 Å². The van der Waals surface area contributed by atoms with Gasteiger partial charge in [0.25, 0.3) is 5.91 Å². The van der Waals surface area contributed by atoms with E-state index in [-0.39, 0.29) is 18.2 Å². The first-order valence-corrected chi connectivity index (χ1v) is 9.57. The molecule has 0 saturated carbocycles. The van der Waals surface area contributed by atoms with Crippen LogP contribution in [0.4, 0.5) is 22.7 Å². The molecular weight excluding hydrogens is 394 g/mol. The molecule has 0 fully saturated rings. The van der Waals surface area contributed by atoms with Gasteiger partial charge in [0.2, 0.25) is 5.91 Å². The van der Waals surface area contributed by atoms with Gasteiger partial charge in [0.15, 0.2) is 0 Å². The van der Waals surface area contributed by atoms with Crippen molar-refractivity contribution in [1.82, 2.24) is 5.32 Å². The molecule has 0 atom stereocenters. The van der Waals surface area contributed by atoms with E-state index in [1.54, 1.807) is 36.4 Å². The van der Waals surface area contributed by atoms with E-state index in [1.165, 1.54) is 12.1 Å². The summed E-state index contributed by atoms with van der Waals surface area (Å²) >= 11 is 0. The van der Waals surface area contributed by atoms with Crippen LogP contribution >= 0.6 is 0 Å². The minimum absolute atomic E-state index is 0.103. The van der Waals surface area contributed by atoms with Crippen LogP contribution in [0.15, 0.2) is 83.0 Å². The Bertz CT molecular complexity index is 1080. The average molecular weight is 417 g/mol. The molecule has 3 N–H and O–H groups in total. The van der Waals surface area contributed by atoms with Crippen LogP contribution in [0.5, 0.6) is 5.75 Å². The van der Waals surface area contributed by atoms with E-state index in [0.717, 1.165) is 5.69 Å². The molecule has 2 amide bonds. The molecule has 8 nitrogen and oxygen atoms in total. The second-order valence-electron chi connectivity index (χ2n) is 6.91. The van der Waals surface area contributed by atoms with Crippen molar-refractivity contribution in [3.8, 4) is 5.75 Å². The van der Waals surface area contributed by atoms with Crippen LogP contribution < -0.4 is 15.5 Å².